The van der Waals surface area contributed by atoms with Crippen molar-refractivity contribution in [1.29, 1.82) is 0 Å². The summed E-state index contributed by atoms with van der Waals surface area (Å²) in [4.78, 5) is 11.5. The van der Waals surface area contributed by atoms with Crippen LogP contribution in [0.3, 0.4) is 0 Å². The molecule has 0 radical (unpaired) electrons. The number of aliphatic hydroxyl groups excluding tert-OH is 3. The van der Waals surface area contributed by atoms with Gasteiger partial charge in [-0.05, 0) is 78.4 Å². The molecule has 2 unspecified atom stereocenters. The Morgan fingerprint density at radius 1 is 1.24 bits per heavy atom. The summed E-state index contributed by atoms with van der Waals surface area (Å²) in [7, 11) is -5.10. The maximum absolute atomic E-state index is 11.6. The van der Waals surface area contributed by atoms with Gasteiger partial charge in [-0.3, -0.25) is 4.55 Å². The highest BCUT2D eigenvalue weighted by molar-refractivity contribution is 7.81. The molecule has 0 spiro atoms. The first-order chi connectivity index (χ1) is 19.6. The van der Waals surface area contributed by atoms with Gasteiger partial charge in [0, 0.05) is 2.74 Å². The summed E-state index contributed by atoms with van der Waals surface area (Å²) in [5, 5.41) is 51.6. The van der Waals surface area contributed by atoms with E-state index in [1.54, 1.807) is 0 Å². The summed E-state index contributed by atoms with van der Waals surface area (Å²) in [6, 6.07) is -0.195. The Balaban J connectivity index is 1.53. The second-order valence-electron chi connectivity index (χ2n) is 10.0. The van der Waals surface area contributed by atoms with E-state index in [0.717, 1.165) is 6.07 Å². The predicted molar refractivity (Wildman–Crippen MR) is 124 cm³/mol. The van der Waals surface area contributed by atoms with Gasteiger partial charge in [0.15, 0.2) is 12.4 Å². The number of carbonyl (C=O) groups is 1. The standard InChI is InChI=1S/C24H32O12S/c1-24-7-6-13-12-5-3-11(36-37(31,32)33)8-10(12)2-4-14(13)15(24)9-16(21(24)28)34-23-19(27)17(25)18(26)20(35-23)22(29)30/h3,5,8,13-21,23,25-28H,2,4,6-7,9H2,1H3,(H,29,30)(H,31,32,33)/t13-,14-,15+,16-,17+,18+,19-,20+,21+,23?,24+/m1/s1/i2D,3D,8D,13D,16D,21D/t2?,13-,14-,15+,16-,17+,18+,19-,20+,21+,23?,24+. The molecule has 37 heavy (non-hydrogen) atoms. The molecule has 1 aromatic rings. The first-order valence-electron chi connectivity index (χ1n) is 14.7. The highest BCUT2D eigenvalue weighted by atomic mass is 32.3. The van der Waals surface area contributed by atoms with E-state index in [2.05, 4.69) is 4.18 Å². The number of carboxylic acids is 1. The molecule has 13 heteroatoms. The molecule has 2 saturated carbocycles. The van der Waals surface area contributed by atoms with E-state index >= 15 is 0 Å². The highest BCUT2D eigenvalue weighted by Crippen LogP contribution is 2.61. The van der Waals surface area contributed by atoms with Crippen LogP contribution in [0.1, 0.15) is 57.9 Å². The van der Waals surface area contributed by atoms with E-state index in [9.17, 15) is 40.1 Å². The molecule has 5 rings (SSSR count). The molecule has 4 aliphatic rings. The van der Waals surface area contributed by atoms with Gasteiger partial charge >= 0.3 is 16.4 Å². The molecule has 3 fully saturated rings. The minimum atomic E-state index is -5.10. The van der Waals surface area contributed by atoms with Gasteiger partial charge in [-0.2, -0.15) is 8.42 Å². The molecule has 6 N–H and O–H groups in total. The monoisotopic (exact) mass is 550 g/mol. The number of hydrogen-bond acceptors (Lipinski definition) is 10. The molecule has 0 amide bonds. The van der Waals surface area contributed by atoms with Gasteiger partial charge in [-0.1, -0.05) is 13.0 Å². The SMILES string of the molecule is [2H]c1cc2c(c([2H])c1OS(=O)(=O)O)C([2H])C[C@H]1[C@@H]3C[C@@]([2H])(OC4O[C@H](C(=O)O)[C@@H](O)[C@H](O)[C@H]4O)[C@]([2H])(O)[C@@]3(C)CC[C@]21[2H]. The first kappa shape index (κ1) is 20.1. The number of fused-ring (bicyclic) bond motifs is 5. The Bertz CT molecular complexity index is 1450. The third-order valence-electron chi connectivity index (χ3n) is 7.94. The number of aliphatic carboxylic acids is 1. The fourth-order valence-corrected chi connectivity index (χ4v) is 6.33. The maximum Gasteiger partial charge on any atom is 0.446 e. The van der Waals surface area contributed by atoms with Gasteiger partial charge in [0.1, 0.15) is 24.1 Å². The van der Waals surface area contributed by atoms with Crippen LogP contribution in [0, 0.1) is 17.3 Å². The van der Waals surface area contributed by atoms with Crippen LogP contribution < -0.4 is 4.18 Å². The van der Waals surface area contributed by atoms with E-state index in [-0.39, 0.29) is 30.4 Å². The summed E-state index contributed by atoms with van der Waals surface area (Å²) in [5.74, 6) is -5.88. The van der Waals surface area contributed by atoms with Crippen LogP contribution in [0.4, 0.5) is 0 Å². The minimum absolute atomic E-state index is 0.0628. The third-order valence-corrected chi connectivity index (χ3v) is 8.32. The topological polar surface area (TPSA) is 200 Å². The van der Waals surface area contributed by atoms with E-state index in [0.29, 0.717) is 0 Å². The van der Waals surface area contributed by atoms with Crippen LogP contribution in [0.25, 0.3) is 0 Å². The summed E-state index contributed by atoms with van der Waals surface area (Å²) in [5.41, 5.74) is -1.48. The Morgan fingerprint density at radius 2 is 1.97 bits per heavy atom. The van der Waals surface area contributed by atoms with Gasteiger partial charge in [-0.25, -0.2) is 4.79 Å². The lowest BCUT2D eigenvalue weighted by Crippen LogP contribution is -2.61. The predicted octanol–water partition coefficient (Wildman–Crippen LogP) is -0.0275. The van der Waals surface area contributed by atoms with E-state index in [4.69, 9.17) is 20.9 Å². The molecule has 1 aliphatic heterocycles. The number of aliphatic hydroxyl groups is 4. The second-order valence-corrected chi connectivity index (χ2v) is 11.0. The van der Waals surface area contributed by atoms with Crippen molar-refractivity contribution in [3.8, 4) is 5.75 Å². The normalized spacial score (nSPS) is 53.7. The zero-order chi connectivity index (χ0) is 32.2. The number of hydrogen-bond donors (Lipinski definition) is 6. The molecule has 3 aliphatic carbocycles. The average molecular weight is 551 g/mol. The molecule has 12 atom stereocenters. The molecule has 206 valence electrons. The number of carboxylic acid groups (broad SMARTS) is 1. The Labute approximate surface area is 222 Å². The first-order valence-corrected chi connectivity index (χ1v) is 13.0. The molecule has 0 aromatic heterocycles. The van der Waals surface area contributed by atoms with Crippen molar-refractivity contribution in [2.75, 3.05) is 0 Å². The van der Waals surface area contributed by atoms with Crippen molar-refractivity contribution >= 4 is 16.4 Å². The molecule has 1 aromatic carbocycles. The van der Waals surface area contributed by atoms with Crippen LogP contribution in [-0.2, 0) is 31.1 Å². The average Bonchev–Trinajstić information content (AvgIpc) is 3.04. The zero-order valence-electron chi connectivity index (χ0n) is 25.6. The van der Waals surface area contributed by atoms with Crippen molar-refractivity contribution in [1.82, 2.24) is 0 Å². The van der Waals surface area contributed by atoms with Crippen LogP contribution in [0.15, 0.2) is 18.2 Å². The van der Waals surface area contributed by atoms with Crippen LogP contribution in [0.5, 0.6) is 5.75 Å². The lowest BCUT2D eigenvalue weighted by Gasteiger charge is -2.49. The Hall–Kier alpha value is -1.84. The van der Waals surface area contributed by atoms with Gasteiger partial charge in [0.05, 0.1) is 17.6 Å². The van der Waals surface area contributed by atoms with Gasteiger partial charge in [0.25, 0.3) is 0 Å². The molecular weight excluding hydrogens is 512 g/mol. The summed E-state index contributed by atoms with van der Waals surface area (Å²) in [6.45, 7) is 1.50. The van der Waals surface area contributed by atoms with Gasteiger partial charge in [-0.15, -0.1) is 0 Å². The lowest BCUT2D eigenvalue weighted by atomic mass is 9.55. The quantitative estimate of drug-likeness (QED) is 0.268. The molecular formula is C24H32O12S. The number of benzene rings is 1. The number of rotatable bonds is 5. The van der Waals surface area contributed by atoms with Crippen LogP contribution >= 0.6 is 0 Å². The maximum atomic E-state index is 11.6. The minimum Gasteiger partial charge on any atom is -0.479 e. The smallest absolute Gasteiger partial charge is 0.446 e. The fraction of sp³-hybridized carbons (Fsp3) is 0.708. The van der Waals surface area contributed by atoms with Crippen molar-refractivity contribution in [3.05, 3.63) is 29.3 Å². The molecule has 1 heterocycles. The third kappa shape index (κ3) is 4.65. The van der Waals surface area contributed by atoms with Crippen molar-refractivity contribution < 1.29 is 65.2 Å². The van der Waals surface area contributed by atoms with Crippen LogP contribution in [-0.4, -0.2) is 87.3 Å². The Kier molecular flexibility index (Phi) is 5.12. The van der Waals surface area contributed by atoms with E-state index < -0.39 is 113 Å². The lowest BCUT2D eigenvalue weighted by molar-refractivity contribution is -0.309. The molecule has 0 bridgehead atoms. The van der Waals surface area contributed by atoms with Crippen molar-refractivity contribution in [2.45, 2.75) is 87.8 Å². The van der Waals surface area contributed by atoms with Crippen molar-refractivity contribution in [2.24, 2.45) is 17.3 Å². The van der Waals surface area contributed by atoms with Gasteiger partial charge < -0.3 is 39.2 Å². The summed E-state index contributed by atoms with van der Waals surface area (Å²) < 4.78 is 99.8. The second kappa shape index (κ2) is 9.42. The molecule has 1 saturated heterocycles. The van der Waals surface area contributed by atoms with E-state index in [1.807, 2.05) is 0 Å². The summed E-state index contributed by atoms with van der Waals surface area (Å²) >= 11 is 0. The van der Waals surface area contributed by atoms with Gasteiger partial charge in [0.2, 0.25) is 0 Å². The largest absolute Gasteiger partial charge is 0.479 e. The number of ether oxygens (including phenoxy) is 2. The summed E-state index contributed by atoms with van der Waals surface area (Å²) in [6.07, 6.45) is -17.7. The van der Waals surface area contributed by atoms with Crippen molar-refractivity contribution in [3.63, 3.8) is 0 Å². The fourth-order valence-electron chi connectivity index (χ4n) is 6.03. The van der Waals surface area contributed by atoms with E-state index in [1.165, 1.54) is 6.92 Å². The van der Waals surface area contributed by atoms with Crippen LogP contribution in [0.2, 0.25) is 0 Å². The Morgan fingerprint density at radius 3 is 2.65 bits per heavy atom. The zero-order valence-corrected chi connectivity index (χ0v) is 20.4. The highest BCUT2D eigenvalue weighted by Gasteiger charge is 2.59. The molecule has 12 nitrogen and oxygen atoms in total.